The first-order chi connectivity index (χ1) is 14.0. The molecule has 0 atom stereocenters. The lowest BCUT2D eigenvalue weighted by Crippen LogP contribution is -2.41. The third-order valence-electron chi connectivity index (χ3n) is 5.38. The summed E-state index contributed by atoms with van der Waals surface area (Å²) in [6.45, 7) is 7.61. The van der Waals surface area contributed by atoms with Crippen LogP contribution in [0.5, 0.6) is 0 Å². The van der Waals surface area contributed by atoms with Crippen molar-refractivity contribution in [2.45, 2.75) is 45.2 Å². The Hall–Kier alpha value is -3.07. The number of carbonyl (C=O) groups is 1. The third-order valence-corrected chi connectivity index (χ3v) is 5.38. The van der Waals surface area contributed by atoms with Crippen molar-refractivity contribution in [1.82, 2.24) is 40.6 Å². The number of amides is 1. The number of hydrogen-bond acceptors (Lipinski definition) is 6. The molecular weight excluding hydrogens is 368 g/mol. The molecule has 2 aromatic heterocycles. The van der Waals surface area contributed by atoms with Gasteiger partial charge >= 0.3 is 0 Å². The molecule has 3 heterocycles. The van der Waals surface area contributed by atoms with Gasteiger partial charge in [-0.25, -0.2) is 9.36 Å². The lowest BCUT2D eigenvalue weighted by molar-refractivity contribution is 0.0904. The van der Waals surface area contributed by atoms with Gasteiger partial charge in [0.15, 0.2) is 5.69 Å². The smallest absolute Gasteiger partial charge is 0.274 e. The number of aromatic nitrogens is 6. The minimum Gasteiger partial charge on any atom is -0.340 e. The summed E-state index contributed by atoms with van der Waals surface area (Å²) in [5.74, 6) is -0.262. The maximum absolute atomic E-state index is 12.9. The maximum atomic E-state index is 12.9. The first-order valence-electron chi connectivity index (χ1n) is 9.89. The number of carbonyl (C=O) groups excluding carboxylic acids is 1. The van der Waals surface area contributed by atoms with E-state index in [1.54, 1.807) is 4.68 Å². The SMILES string of the molecule is Cc1c(C(=O)NC(C)(C)c2cn(-c3ccccc3)nn2)nnn1C1CCNCC1. The van der Waals surface area contributed by atoms with E-state index in [1.807, 2.05) is 62.0 Å². The van der Waals surface area contributed by atoms with Crippen LogP contribution >= 0.6 is 0 Å². The molecule has 0 bridgehead atoms. The summed E-state index contributed by atoms with van der Waals surface area (Å²) in [6.07, 6.45) is 3.80. The molecule has 0 aliphatic carbocycles. The monoisotopic (exact) mass is 394 g/mol. The molecule has 9 nitrogen and oxygen atoms in total. The van der Waals surface area contributed by atoms with Gasteiger partial charge in [0, 0.05) is 0 Å². The number of benzene rings is 1. The van der Waals surface area contributed by atoms with Gasteiger partial charge in [0.1, 0.15) is 5.69 Å². The fraction of sp³-hybridized carbons (Fsp3) is 0.450. The van der Waals surface area contributed by atoms with E-state index in [0.29, 0.717) is 11.4 Å². The van der Waals surface area contributed by atoms with Crippen LogP contribution in [-0.4, -0.2) is 49.0 Å². The van der Waals surface area contributed by atoms with Gasteiger partial charge in [0.2, 0.25) is 0 Å². The second kappa shape index (κ2) is 7.75. The van der Waals surface area contributed by atoms with E-state index in [0.717, 1.165) is 37.3 Å². The fourth-order valence-corrected chi connectivity index (χ4v) is 3.61. The minimum atomic E-state index is -0.713. The van der Waals surface area contributed by atoms with Crippen LogP contribution in [0.1, 0.15) is 54.6 Å². The van der Waals surface area contributed by atoms with Gasteiger partial charge in [-0.3, -0.25) is 4.79 Å². The quantitative estimate of drug-likeness (QED) is 0.684. The van der Waals surface area contributed by atoms with Gasteiger partial charge in [-0.05, 0) is 58.8 Å². The molecule has 0 spiro atoms. The molecule has 9 heteroatoms. The molecule has 1 aliphatic rings. The Labute approximate surface area is 169 Å². The molecule has 0 radical (unpaired) electrons. The largest absolute Gasteiger partial charge is 0.340 e. The highest BCUT2D eigenvalue weighted by Crippen LogP contribution is 2.22. The van der Waals surface area contributed by atoms with E-state index < -0.39 is 5.54 Å². The molecular formula is C20H26N8O. The molecule has 4 rings (SSSR count). The highest BCUT2D eigenvalue weighted by Gasteiger charge is 2.30. The number of rotatable bonds is 5. The van der Waals surface area contributed by atoms with Crippen LogP contribution in [0.15, 0.2) is 36.5 Å². The summed E-state index contributed by atoms with van der Waals surface area (Å²) in [5.41, 5.74) is 2.01. The predicted molar refractivity (Wildman–Crippen MR) is 108 cm³/mol. The molecule has 0 saturated carbocycles. The lowest BCUT2D eigenvalue weighted by atomic mass is 10.0. The highest BCUT2D eigenvalue weighted by atomic mass is 16.2. The van der Waals surface area contributed by atoms with Crippen molar-refractivity contribution in [3.8, 4) is 5.69 Å². The number of hydrogen-bond donors (Lipinski definition) is 2. The van der Waals surface area contributed by atoms with Gasteiger partial charge in [-0.15, -0.1) is 10.2 Å². The minimum absolute atomic E-state index is 0.262. The van der Waals surface area contributed by atoms with Crippen LogP contribution in [0.25, 0.3) is 5.69 Å². The second-order valence-corrected chi connectivity index (χ2v) is 7.91. The molecule has 1 aliphatic heterocycles. The first kappa shape index (κ1) is 19.3. The van der Waals surface area contributed by atoms with Gasteiger partial charge in [-0.2, -0.15) is 0 Å². The van der Waals surface area contributed by atoms with Crippen LogP contribution < -0.4 is 10.6 Å². The number of piperidine rings is 1. The molecule has 1 fully saturated rings. The Morgan fingerprint density at radius 1 is 1.14 bits per heavy atom. The zero-order valence-corrected chi connectivity index (χ0v) is 17.0. The zero-order valence-electron chi connectivity index (χ0n) is 17.0. The molecule has 29 heavy (non-hydrogen) atoms. The molecule has 1 aromatic carbocycles. The van der Waals surface area contributed by atoms with E-state index in [2.05, 4.69) is 31.3 Å². The second-order valence-electron chi connectivity index (χ2n) is 7.91. The average Bonchev–Trinajstić information content (AvgIpc) is 3.37. The van der Waals surface area contributed by atoms with Crippen LogP contribution in [-0.2, 0) is 5.54 Å². The van der Waals surface area contributed by atoms with Crippen molar-refractivity contribution in [1.29, 1.82) is 0 Å². The van der Waals surface area contributed by atoms with E-state index >= 15 is 0 Å². The van der Waals surface area contributed by atoms with Gasteiger partial charge in [-0.1, -0.05) is 28.6 Å². The summed E-state index contributed by atoms with van der Waals surface area (Å²) in [6, 6.07) is 10.0. The molecule has 152 valence electrons. The van der Waals surface area contributed by atoms with E-state index in [1.165, 1.54) is 0 Å². The normalized spacial score (nSPS) is 15.4. The standard InChI is InChI=1S/C20H26N8O/c1-14-18(24-26-28(14)16-9-11-21-12-10-16)19(29)22-20(2,3)17-13-27(25-23-17)15-7-5-4-6-8-15/h4-8,13,16,21H,9-12H2,1-3H3,(H,22,29). The van der Waals surface area contributed by atoms with Crippen molar-refractivity contribution in [3.63, 3.8) is 0 Å². The van der Waals surface area contributed by atoms with E-state index in [4.69, 9.17) is 0 Å². The fourth-order valence-electron chi connectivity index (χ4n) is 3.61. The van der Waals surface area contributed by atoms with Gasteiger partial charge in [0.25, 0.3) is 5.91 Å². The van der Waals surface area contributed by atoms with Crippen LogP contribution in [0, 0.1) is 6.92 Å². The maximum Gasteiger partial charge on any atom is 0.274 e. The van der Waals surface area contributed by atoms with Gasteiger partial charge < -0.3 is 10.6 Å². The van der Waals surface area contributed by atoms with Crippen LogP contribution in [0.3, 0.4) is 0 Å². The van der Waals surface area contributed by atoms with Gasteiger partial charge in [0.05, 0.1) is 29.2 Å². The zero-order chi connectivity index (χ0) is 20.4. The number of nitrogens with zero attached hydrogens (tertiary/aromatic N) is 6. The summed E-state index contributed by atoms with van der Waals surface area (Å²) in [5, 5.41) is 23.2. The van der Waals surface area contributed by atoms with E-state index in [9.17, 15) is 4.79 Å². The van der Waals surface area contributed by atoms with Crippen molar-refractivity contribution in [3.05, 3.63) is 53.6 Å². The summed E-state index contributed by atoms with van der Waals surface area (Å²) in [7, 11) is 0. The summed E-state index contributed by atoms with van der Waals surface area (Å²) >= 11 is 0. The Morgan fingerprint density at radius 3 is 2.59 bits per heavy atom. The summed E-state index contributed by atoms with van der Waals surface area (Å²) in [4.78, 5) is 12.9. The molecule has 2 N–H and O–H groups in total. The molecule has 1 amide bonds. The lowest BCUT2D eigenvalue weighted by Gasteiger charge is -2.24. The van der Waals surface area contributed by atoms with Crippen molar-refractivity contribution in [2.24, 2.45) is 0 Å². The van der Waals surface area contributed by atoms with Crippen molar-refractivity contribution >= 4 is 5.91 Å². The number of para-hydroxylation sites is 1. The van der Waals surface area contributed by atoms with E-state index in [-0.39, 0.29) is 11.9 Å². The Morgan fingerprint density at radius 2 is 1.86 bits per heavy atom. The first-order valence-corrected chi connectivity index (χ1v) is 9.89. The predicted octanol–water partition coefficient (Wildman–Crippen LogP) is 1.76. The van der Waals surface area contributed by atoms with Crippen LogP contribution in [0.4, 0.5) is 0 Å². The van der Waals surface area contributed by atoms with Crippen molar-refractivity contribution < 1.29 is 4.79 Å². The molecule has 1 saturated heterocycles. The van der Waals surface area contributed by atoms with Crippen molar-refractivity contribution in [2.75, 3.05) is 13.1 Å². The Bertz CT molecular complexity index is 985. The molecule has 0 unspecified atom stereocenters. The van der Waals surface area contributed by atoms with Crippen LogP contribution in [0.2, 0.25) is 0 Å². The number of nitrogens with one attached hydrogen (secondary N) is 2. The third kappa shape index (κ3) is 3.91. The summed E-state index contributed by atoms with van der Waals surface area (Å²) < 4.78 is 3.58. The Kier molecular flexibility index (Phi) is 5.14. The highest BCUT2D eigenvalue weighted by molar-refractivity contribution is 5.93. The topological polar surface area (TPSA) is 103 Å². The average molecular weight is 394 g/mol. The Balaban J connectivity index is 1.50. The molecule has 3 aromatic rings.